The molecule has 338 valence electrons. The first-order valence-corrected chi connectivity index (χ1v) is 22.8. The number of amides is 6. The number of carbonyl (C=O) groups is 6. The van der Waals surface area contributed by atoms with Crippen LogP contribution in [0.5, 0.6) is 11.5 Å². The molecule has 65 heavy (non-hydrogen) atoms. The van der Waals surface area contributed by atoms with Crippen LogP contribution in [0, 0.1) is 0 Å². The fourth-order valence-electron chi connectivity index (χ4n) is 10.2. The van der Waals surface area contributed by atoms with Gasteiger partial charge in [0.15, 0.2) is 0 Å². The second kappa shape index (κ2) is 17.6. The van der Waals surface area contributed by atoms with Crippen molar-refractivity contribution in [2.75, 3.05) is 33.3 Å². The quantitative estimate of drug-likeness (QED) is 0.196. The Balaban J connectivity index is 0.000000176. The van der Waals surface area contributed by atoms with Crippen LogP contribution < -0.4 is 25.4 Å². The Morgan fingerprint density at radius 2 is 1.34 bits per heavy atom. The van der Waals surface area contributed by atoms with Gasteiger partial charge in [-0.2, -0.15) is 0 Å². The summed E-state index contributed by atoms with van der Waals surface area (Å²) in [5.41, 5.74) is 6.01. The molecule has 16 heteroatoms. The summed E-state index contributed by atoms with van der Waals surface area (Å²) in [4.78, 5) is 83.2. The number of likely N-dealkylation sites (tertiary alicyclic amines) is 1. The fraction of sp³-hybridized carbons (Fsp3) is 0.449. The van der Waals surface area contributed by atoms with Gasteiger partial charge in [-0.15, -0.1) is 0 Å². The fourth-order valence-corrected chi connectivity index (χ4v) is 10.2. The summed E-state index contributed by atoms with van der Waals surface area (Å²) in [7, 11) is 1.78. The van der Waals surface area contributed by atoms with Crippen molar-refractivity contribution in [3.63, 3.8) is 0 Å². The van der Waals surface area contributed by atoms with Crippen LogP contribution >= 0.6 is 0 Å². The summed E-state index contributed by atoms with van der Waals surface area (Å²) in [5, 5.41) is 9.05. The van der Waals surface area contributed by atoms with E-state index in [0.29, 0.717) is 37.1 Å². The van der Waals surface area contributed by atoms with Crippen molar-refractivity contribution < 1.29 is 43.0 Å². The highest BCUT2D eigenvalue weighted by molar-refractivity contribution is 6.06. The summed E-state index contributed by atoms with van der Waals surface area (Å²) in [6.45, 7) is 5.13. The van der Waals surface area contributed by atoms with Crippen molar-refractivity contribution in [2.24, 2.45) is 0 Å². The first kappa shape index (κ1) is 42.7. The molecule has 16 nitrogen and oxygen atoms in total. The van der Waals surface area contributed by atoms with Crippen molar-refractivity contribution in [3.05, 3.63) is 100 Å². The molecule has 4 atom stereocenters. The molecule has 6 aliphatic heterocycles. The van der Waals surface area contributed by atoms with Crippen LogP contribution in [0.3, 0.4) is 0 Å². The molecule has 3 aromatic carbocycles. The normalized spacial score (nSPS) is 24.9. The third-order valence-corrected chi connectivity index (χ3v) is 14.0. The number of benzene rings is 3. The molecule has 2 unspecified atom stereocenters. The highest BCUT2D eigenvalue weighted by atomic mass is 16.5. The van der Waals surface area contributed by atoms with E-state index in [0.717, 1.165) is 97.6 Å². The lowest BCUT2D eigenvalue weighted by Crippen LogP contribution is -2.52. The summed E-state index contributed by atoms with van der Waals surface area (Å²) < 4.78 is 18.1. The van der Waals surface area contributed by atoms with Gasteiger partial charge in [0.05, 0.1) is 11.2 Å². The topological polar surface area (TPSA) is 189 Å². The van der Waals surface area contributed by atoms with Crippen LogP contribution in [0.15, 0.2) is 66.7 Å². The molecule has 1 saturated carbocycles. The minimum atomic E-state index is -0.613. The zero-order chi connectivity index (χ0) is 44.8. The molecule has 1 aliphatic carbocycles. The molecule has 7 aliphatic rings. The van der Waals surface area contributed by atoms with Crippen molar-refractivity contribution >= 4 is 46.3 Å². The van der Waals surface area contributed by atoms with E-state index in [9.17, 15) is 28.8 Å². The Labute approximate surface area is 376 Å². The number of nitrogens with one attached hydrogen (secondary N) is 3. The van der Waals surface area contributed by atoms with Crippen LogP contribution in [0.25, 0.3) is 10.9 Å². The SMILES string of the molecule is COC1(c2ccc3cc(CN4CC[C@H](Oc5ccc6c(c5)CN(C5CCC(=O)NC5=O)C6=O)C4)ccc3n2)CCC1.O=C1CCC(N2Cc3cc(O[C@H]4CCNC4)ccc3C2=O)C(=O)N1. The predicted molar refractivity (Wildman–Crippen MR) is 235 cm³/mol. The molecular formula is C49H53N7O9. The Kier molecular flexibility index (Phi) is 11.6. The van der Waals surface area contributed by atoms with Gasteiger partial charge in [0.2, 0.25) is 23.6 Å². The molecule has 0 spiro atoms. The number of carbonyl (C=O) groups excluding carboxylic acids is 6. The number of imide groups is 2. The van der Waals surface area contributed by atoms with Crippen LogP contribution in [0.2, 0.25) is 0 Å². The van der Waals surface area contributed by atoms with E-state index >= 15 is 0 Å². The number of piperidine rings is 2. The third-order valence-electron chi connectivity index (χ3n) is 14.0. The van der Waals surface area contributed by atoms with Gasteiger partial charge in [-0.1, -0.05) is 12.1 Å². The number of methoxy groups -OCH3 is 1. The second-order valence-corrected chi connectivity index (χ2v) is 18.2. The number of aromatic nitrogens is 1. The highest BCUT2D eigenvalue weighted by Gasteiger charge is 2.42. The minimum absolute atomic E-state index is 0.0637. The summed E-state index contributed by atoms with van der Waals surface area (Å²) >= 11 is 0. The number of hydrogen-bond acceptors (Lipinski definition) is 12. The standard InChI is InChI=1S/C32H34N4O5.C17H19N3O4/c1-40-32(12-2-13-32)28-9-4-21-15-20(3-7-26(21)33-28)17-35-14-11-24(19-35)41-23-5-6-25-22(16-23)18-36(31(25)39)27-8-10-29(37)34-30(27)38;21-15-4-3-14(16(22)19-15)20-9-10-7-11(1-2-13(10)17(20)23)24-12-5-6-18-8-12/h3-7,9,15-16,24,27H,2,8,10-14,17-19H2,1H3,(H,34,37,38);1-2,7,12,14,18H,3-6,8-9H2,(H,19,21,22)/t24-,27?;12-,14?/m00/s1. The number of pyridine rings is 1. The van der Waals surface area contributed by atoms with E-state index in [1.165, 1.54) is 12.0 Å². The van der Waals surface area contributed by atoms with Crippen LogP contribution in [-0.4, -0.2) is 113 Å². The van der Waals surface area contributed by atoms with Gasteiger partial charge < -0.3 is 29.3 Å². The Morgan fingerprint density at radius 1 is 0.708 bits per heavy atom. The van der Waals surface area contributed by atoms with E-state index in [2.05, 4.69) is 51.2 Å². The minimum Gasteiger partial charge on any atom is -0.489 e. The second-order valence-electron chi connectivity index (χ2n) is 18.2. The zero-order valence-electron chi connectivity index (χ0n) is 36.4. The summed E-state index contributed by atoms with van der Waals surface area (Å²) in [6.07, 6.45) is 6.60. The monoisotopic (exact) mass is 883 g/mol. The lowest BCUT2D eigenvalue weighted by molar-refractivity contribution is -0.138. The maximum atomic E-state index is 13.0. The number of nitrogens with zero attached hydrogens (tertiary/aromatic N) is 4. The molecule has 4 saturated heterocycles. The van der Waals surface area contributed by atoms with Crippen LogP contribution in [0.4, 0.5) is 0 Å². The van der Waals surface area contributed by atoms with Crippen molar-refractivity contribution in [2.45, 2.75) is 107 Å². The Bertz CT molecular complexity index is 2580. The number of ether oxygens (including phenoxy) is 3. The van der Waals surface area contributed by atoms with Crippen molar-refractivity contribution in [3.8, 4) is 11.5 Å². The van der Waals surface area contributed by atoms with Gasteiger partial charge in [-0.25, -0.2) is 4.98 Å². The molecule has 0 radical (unpaired) electrons. The van der Waals surface area contributed by atoms with Gasteiger partial charge in [0.25, 0.3) is 11.8 Å². The first-order valence-electron chi connectivity index (χ1n) is 22.8. The summed E-state index contributed by atoms with van der Waals surface area (Å²) in [6, 6.07) is 20.6. The number of hydrogen-bond donors (Lipinski definition) is 3. The highest BCUT2D eigenvalue weighted by Crippen LogP contribution is 2.44. The van der Waals surface area contributed by atoms with Gasteiger partial charge in [-0.3, -0.25) is 44.3 Å². The van der Waals surface area contributed by atoms with E-state index < -0.39 is 18.0 Å². The molecular weight excluding hydrogens is 831 g/mol. The number of fused-ring (bicyclic) bond motifs is 3. The Hall–Kier alpha value is -6.23. The van der Waals surface area contributed by atoms with Crippen LogP contribution in [-0.2, 0) is 49.2 Å². The number of rotatable bonds is 10. The first-order chi connectivity index (χ1) is 31.5. The molecule has 1 aromatic heterocycles. The zero-order valence-corrected chi connectivity index (χ0v) is 36.4. The molecule has 3 N–H and O–H groups in total. The van der Waals surface area contributed by atoms with E-state index in [4.69, 9.17) is 19.2 Å². The average Bonchev–Trinajstić information content (AvgIpc) is 4.09. The summed E-state index contributed by atoms with van der Waals surface area (Å²) in [5.74, 6) is -0.188. The van der Waals surface area contributed by atoms with Crippen molar-refractivity contribution in [1.29, 1.82) is 0 Å². The molecule has 5 fully saturated rings. The van der Waals surface area contributed by atoms with Crippen molar-refractivity contribution in [1.82, 2.24) is 35.6 Å². The smallest absolute Gasteiger partial charge is 0.255 e. The third kappa shape index (κ3) is 8.57. The largest absolute Gasteiger partial charge is 0.489 e. The van der Waals surface area contributed by atoms with Gasteiger partial charge in [0.1, 0.15) is 41.4 Å². The maximum absolute atomic E-state index is 13.0. The molecule has 7 heterocycles. The average molecular weight is 884 g/mol. The predicted octanol–water partition coefficient (Wildman–Crippen LogP) is 3.86. The molecule has 4 aromatic rings. The molecule has 11 rings (SSSR count). The van der Waals surface area contributed by atoms with Crippen LogP contribution in [0.1, 0.15) is 101 Å². The molecule has 6 amide bonds. The maximum Gasteiger partial charge on any atom is 0.255 e. The van der Waals surface area contributed by atoms with E-state index in [-0.39, 0.29) is 60.2 Å². The van der Waals surface area contributed by atoms with E-state index in [1.807, 2.05) is 24.3 Å². The molecule has 0 bridgehead atoms. The van der Waals surface area contributed by atoms with Gasteiger partial charge >= 0.3 is 0 Å². The Morgan fingerprint density at radius 3 is 1.89 bits per heavy atom. The van der Waals surface area contributed by atoms with Gasteiger partial charge in [-0.05, 0) is 123 Å². The lowest BCUT2D eigenvalue weighted by Gasteiger charge is -2.39. The van der Waals surface area contributed by atoms with Gasteiger partial charge in [0, 0.05) is 75.7 Å². The van der Waals surface area contributed by atoms with E-state index in [1.54, 1.807) is 29.0 Å². The lowest BCUT2D eigenvalue weighted by atomic mass is 9.77.